The number of hydrogen-bond acceptors (Lipinski definition) is 5. The maximum atomic E-state index is 11.9. The lowest BCUT2D eigenvalue weighted by atomic mass is 10.4. The summed E-state index contributed by atoms with van der Waals surface area (Å²) in [6.45, 7) is 1.25. The van der Waals surface area contributed by atoms with E-state index in [1.165, 1.54) is 23.3 Å². The molecule has 1 fully saturated rings. The Morgan fingerprint density at radius 3 is 3.00 bits per heavy atom. The number of fused-ring (bicyclic) bond motifs is 1. The molecule has 0 spiro atoms. The number of epoxide rings is 1. The number of rotatable bonds is 2. The van der Waals surface area contributed by atoms with Gasteiger partial charge in [-0.3, -0.25) is 9.36 Å². The van der Waals surface area contributed by atoms with Crippen LogP contribution in [0.4, 0.5) is 0 Å². The van der Waals surface area contributed by atoms with E-state index in [0.717, 1.165) is 0 Å². The topological polar surface area (TPSA) is 73.2 Å². The van der Waals surface area contributed by atoms with Crippen molar-refractivity contribution in [3.8, 4) is 0 Å². The van der Waals surface area contributed by atoms with Crippen LogP contribution in [-0.4, -0.2) is 32.2 Å². The second-order valence-corrected chi connectivity index (χ2v) is 3.39. The Kier molecular flexibility index (Phi) is 1.75. The molecule has 0 aromatic carbocycles. The van der Waals surface area contributed by atoms with Gasteiger partial charge in [-0.15, -0.1) is 0 Å². The van der Waals surface area contributed by atoms with E-state index in [2.05, 4.69) is 15.0 Å². The van der Waals surface area contributed by atoms with Gasteiger partial charge in [0.25, 0.3) is 5.56 Å². The van der Waals surface area contributed by atoms with E-state index in [1.54, 1.807) is 0 Å². The first-order valence-corrected chi connectivity index (χ1v) is 4.62. The summed E-state index contributed by atoms with van der Waals surface area (Å²) in [7, 11) is 0. The number of hydrogen-bond donors (Lipinski definition) is 0. The van der Waals surface area contributed by atoms with Crippen LogP contribution in [0.3, 0.4) is 0 Å². The highest BCUT2D eigenvalue weighted by Gasteiger charge is 2.23. The molecule has 1 atom stereocenters. The number of aromatic nitrogens is 4. The Hall–Kier alpha value is -1.82. The molecule has 2 aromatic heterocycles. The van der Waals surface area contributed by atoms with Crippen molar-refractivity contribution in [1.29, 1.82) is 0 Å². The third-order valence-corrected chi connectivity index (χ3v) is 2.26. The fraction of sp³-hybridized carbons (Fsp3) is 0.333. The zero-order valence-electron chi connectivity index (χ0n) is 7.83. The molecule has 3 heterocycles. The van der Waals surface area contributed by atoms with Gasteiger partial charge in [-0.05, 0) is 0 Å². The van der Waals surface area contributed by atoms with Crippen molar-refractivity contribution >= 4 is 11.2 Å². The van der Waals surface area contributed by atoms with E-state index in [9.17, 15) is 4.79 Å². The smallest absolute Gasteiger partial charge is 0.281 e. The van der Waals surface area contributed by atoms with Gasteiger partial charge in [-0.25, -0.2) is 15.0 Å². The zero-order valence-corrected chi connectivity index (χ0v) is 7.83. The van der Waals surface area contributed by atoms with Crippen molar-refractivity contribution in [2.45, 2.75) is 12.6 Å². The minimum absolute atomic E-state index is 0.152. The van der Waals surface area contributed by atoms with Gasteiger partial charge in [0.1, 0.15) is 6.33 Å². The van der Waals surface area contributed by atoms with Crippen molar-refractivity contribution in [1.82, 2.24) is 19.5 Å². The molecule has 2 aromatic rings. The molecule has 0 amide bonds. The second kappa shape index (κ2) is 3.09. The highest BCUT2D eigenvalue weighted by atomic mass is 16.6. The third-order valence-electron chi connectivity index (χ3n) is 2.26. The van der Waals surface area contributed by atoms with Crippen LogP contribution in [0.1, 0.15) is 0 Å². The second-order valence-electron chi connectivity index (χ2n) is 3.39. The third kappa shape index (κ3) is 1.48. The Balaban J connectivity index is 2.15. The Labute approximate surface area is 84.6 Å². The summed E-state index contributed by atoms with van der Waals surface area (Å²) in [6, 6.07) is 0. The van der Waals surface area contributed by atoms with Gasteiger partial charge in [0.2, 0.25) is 0 Å². The van der Waals surface area contributed by atoms with E-state index < -0.39 is 0 Å². The van der Waals surface area contributed by atoms with E-state index in [1.807, 2.05) is 0 Å². The predicted molar refractivity (Wildman–Crippen MR) is 51.3 cm³/mol. The van der Waals surface area contributed by atoms with Gasteiger partial charge in [-0.1, -0.05) is 0 Å². The molecule has 3 rings (SSSR count). The van der Waals surface area contributed by atoms with Crippen LogP contribution in [0.15, 0.2) is 23.5 Å². The average molecular weight is 204 g/mol. The first-order valence-electron chi connectivity index (χ1n) is 4.62. The Morgan fingerprint density at radius 1 is 1.40 bits per heavy atom. The van der Waals surface area contributed by atoms with Gasteiger partial charge >= 0.3 is 0 Å². The fourth-order valence-corrected chi connectivity index (χ4v) is 1.41. The molecule has 0 radical (unpaired) electrons. The van der Waals surface area contributed by atoms with Crippen LogP contribution >= 0.6 is 0 Å². The lowest BCUT2D eigenvalue weighted by Gasteiger charge is -2.02. The molecule has 15 heavy (non-hydrogen) atoms. The van der Waals surface area contributed by atoms with Crippen molar-refractivity contribution in [3.63, 3.8) is 0 Å². The van der Waals surface area contributed by atoms with Gasteiger partial charge in [0.05, 0.1) is 19.3 Å². The maximum absolute atomic E-state index is 11.9. The van der Waals surface area contributed by atoms with Crippen LogP contribution in [-0.2, 0) is 11.3 Å². The molecule has 1 unspecified atom stereocenters. The summed E-state index contributed by atoms with van der Waals surface area (Å²) in [4.78, 5) is 23.8. The lowest BCUT2D eigenvalue weighted by Crippen LogP contribution is -2.23. The monoisotopic (exact) mass is 204 g/mol. The largest absolute Gasteiger partial charge is 0.371 e. The average Bonchev–Trinajstić information content (AvgIpc) is 3.07. The van der Waals surface area contributed by atoms with Crippen LogP contribution in [0.25, 0.3) is 11.2 Å². The summed E-state index contributed by atoms with van der Waals surface area (Å²) in [6.07, 6.45) is 4.65. The molecule has 1 aliphatic heterocycles. The summed E-state index contributed by atoms with van der Waals surface area (Å²) in [5.41, 5.74) is 0.528. The summed E-state index contributed by atoms with van der Waals surface area (Å²) in [5.74, 6) is 0. The molecular weight excluding hydrogens is 196 g/mol. The summed E-state index contributed by atoms with van der Waals surface area (Å²) in [5, 5.41) is 0. The number of ether oxygens (including phenoxy) is 1. The van der Waals surface area contributed by atoms with Crippen LogP contribution in [0.5, 0.6) is 0 Å². The minimum atomic E-state index is -0.163. The Morgan fingerprint density at radius 2 is 2.20 bits per heavy atom. The highest BCUT2D eigenvalue weighted by Crippen LogP contribution is 2.10. The quantitative estimate of drug-likeness (QED) is 0.621. The van der Waals surface area contributed by atoms with E-state index in [-0.39, 0.29) is 11.7 Å². The SMILES string of the molecule is O=c1c2nccnc2ncn1CC1CO1. The van der Waals surface area contributed by atoms with E-state index in [4.69, 9.17) is 4.74 Å². The van der Waals surface area contributed by atoms with Crippen molar-refractivity contribution in [3.05, 3.63) is 29.1 Å². The zero-order chi connectivity index (χ0) is 10.3. The maximum Gasteiger partial charge on any atom is 0.281 e. The standard InChI is InChI=1S/C9H8N4O2/c14-9-7-8(11-2-1-10-7)12-5-13(9)3-6-4-15-6/h1-2,5-6H,3-4H2. The van der Waals surface area contributed by atoms with E-state index in [0.29, 0.717) is 24.3 Å². The number of nitrogens with zero attached hydrogens (tertiary/aromatic N) is 4. The van der Waals surface area contributed by atoms with Crippen LogP contribution < -0.4 is 5.56 Å². The fourth-order valence-electron chi connectivity index (χ4n) is 1.41. The minimum Gasteiger partial charge on any atom is -0.371 e. The summed E-state index contributed by atoms with van der Waals surface area (Å²) >= 11 is 0. The molecule has 0 N–H and O–H groups in total. The van der Waals surface area contributed by atoms with Crippen LogP contribution in [0.2, 0.25) is 0 Å². The van der Waals surface area contributed by atoms with Gasteiger partial charge in [0.15, 0.2) is 11.2 Å². The molecule has 0 saturated carbocycles. The molecule has 0 aliphatic carbocycles. The van der Waals surface area contributed by atoms with Crippen molar-refractivity contribution < 1.29 is 4.74 Å². The first kappa shape index (κ1) is 8.49. The summed E-state index contributed by atoms with van der Waals surface area (Å²) < 4.78 is 6.56. The molecule has 1 saturated heterocycles. The van der Waals surface area contributed by atoms with Gasteiger partial charge in [-0.2, -0.15) is 0 Å². The normalized spacial score (nSPS) is 19.3. The first-order chi connectivity index (χ1) is 7.34. The van der Waals surface area contributed by atoms with Crippen molar-refractivity contribution in [2.24, 2.45) is 0 Å². The molecule has 6 heteroatoms. The highest BCUT2D eigenvalue weighted by molar-refractivity contribution is 5.66. The molecular formula is C9H8N4O2. The Bertz CT molecular complexity index is 561. The predicted octanol–water partition coefficient (Wildman–Crippen LogP) is -0.415. The molecule has 76 valence electrons. The van der Waals surface area contributed by atoms with Gasteiger partial charge < -0.3 is 4.74 Å². The van der Waals surface area contributed by atoms with Crippen LogP contribution in [0, 0.1) is 0 Å². The molecule has 0 bridgehead atoms. The van der Waals surface area contributed by atoms with Gasteiger partial charge in [0, 0.05) is 12.4 Å². The molecule has 1 aliphatic rings. The van der Waals surface area contributed by atoms with Crippen molar-refractivity contribution in [2.75, 3.05) is 6.61 Å². The van der Waals surface area contributed by atoms with E-state index >= 15 is 0 Å². The molecule has 6 nitrogen and oxygen atoms in total. The lowest BCUT2D eigenvalue weighted by molar-refractivity contribution is 0.379.